The number of nitrogen functional groups attached to an aromatic ring is 1. The van der Waals surface area contributed by atoms with Gasteiger partial charge in [-0.05, 0) is 18.6 Å². The second-order valence-electron chi connectivity index (χ2n) is 4.30. The van der Waals surface area contributed by atoms with Gasteiger partial charge in [0.05, 0.1) is 17.4 Å². The Morgan fingerprint density at radius 3 is 2.63 bits per heavy atom. The highest BCUT2D eigenvalue weighted by atomic mass is 16.1. The van der Waals surface area contributed by atoms with Crippen LogP contribution < -0.4 is 16.8 Å². The van der Waals surface area contributed by atoms with Crippen LogP contribution in [0.4, 0.5) is 11.5 Å². The molecule has 0 fully saturated rings. The molecule has 1 unspecified atom stereocenters. The van der Waals surface area contributed by atoms with Crippen LogP contribution in [-0.2, 0) is 0 Å². The molecule has 1 amide bonds. The molecular formula is C14H16N4O. The lowest BCUT2D eigenvalue weighted by atomic mass is 10.1. The van der Waals surface area contributed by atoms with Crippen molar-refractivity contribution < 1.29 is 4.79 Å². The van der Waals surface area contributed by atoms with Crippen molar-refractivity contribution in [3.8, 4) is 0 Å². The third kappa shape index (κ3) is 3.01. The Labute approximate surface area is 111 Å². The van der Waals surface area contributed by atoms with Crippen LogP contribution in [-0.4, -0.2) is 10.9 Å². The van der Waals surface area contributed by atoms with Crippen LogP contribution in [0.15, 0.2) is 42.6 Å². The molecule has 19 heavy (non-hydrogen) atoms. The number of hydrogen-bond acceptors (Lipinski definition) is 4. The molecule has 5 heteroatoms. The molecule has 2 aromatic rings. The zero-order valence-corrected chi connectivity index (χ0v) is 10.6. The van der Waals surface area contributed by atoms with Crippen LogP contribution in [0.1, 0.15) is 28.9 Å². The Morgan fingerprint density at radius 2 is 2.00 bits per heavy atom. The van der Waals surface area contributed by atoms with E-state index in [-0.39, 0.29) is 17.3 Å². The molecular weight excluding hydrogens is 240 g/mol. The molecule has 0 radical (unpaired) electrons. The summed E-state index contributed by atoms with van der Waals surface area (Å²) >= 11 is 0. The lowest BCUT2D eigenvalue weighted by molar-refractivity contribution is 0.100. The fraction of sp³-hybridized carbons (Fsp3) is 0.143. The molecule has 2 rings (SSSR count). The highest BCUT2D eigenvalue weighted by Gasteiger charge is 2.10. The molecule has 0 aliphatic carbocycles. The largest absolute Gasteiger partial charge is 0.397 e. The van der Waals surface area contributed by atoms with Gasteiger partial charge < -0.3 is 16.8 Å². The van der Waals surface area contributed by atoms with Gasteiger partial charge in [-0.2, -0.15) is 0 Å². The van der Waals surface area contributed by atoms with Crippen LogP contribution in [0.3, 0.4) is 0 Å². The van der Waals surface area contributed by atoms with Crippen LogP contribution in [0.5, 0.6) is 0 Å². The Bertz CT molecular complexity index is 583. The fourth-order valence-electron chi connectivity index (χ4n) is 1.81. The van der Waals surface area contributed by atoms with Gasteiger partial charge in [-0.3, -0.25) is 4.79 Å². The van der Waals surface area contributed by atoms with Gasteiger partial charge in [-0.1, -0.05) is 30.3 Å². The van der Waals surface area contributed by atoms with Crippen molar-refractivity contribution in [3.05, 3.63) is 53.7 Å². The van der Waals surface area contributed by atoms with Gasteiger partial charge in [0.15, 0.2) is 0 Å². The number of aromatic nitrogens is 1. The first-order valence-electron chi connectivity index (χ1n) is 5.94. The van der Waals surface area contributed by atoms with E-state index in [9.17, 15) is 4.79 Å². The van der Waals surface area contributed by atoms with E-state index in [1.54, 1.807) is 6.07 Å². The number of primary amides is 1. The molecule has 0 saturated heterocycles. The second-order valence-corrected chi connectivity index (χ2v) is 4.30. The highest BCUT2D eigenvalue weighted by Crippen LogP contribution is 2.20. The number of carbonyl (C=O) groups excluding carboxylic acids is 1. The molecule has 0 spiro atoms. The van der Waals surface area contributed by atoms with Crippen molar-refractivity contribution in [2.24, 2.45) is 5.73 Å². The predicted molar refractivity (Wildman–Crippen MR) is 75.6 cm³/mol. The lowest BCUT2D eigenvalue weighted by Crippen LogP contribution is -2.15. The third-order valence-corrected chi connectivity index (χ3v) is 2.86. The van der Waals surface area contributed by atoms with Crippen molar-refractivity contribution in [2.45, 2.75) is 13.0 Å². The molecule has 5 N–H and O–H groups in total. The van der Waals surface area contributed by atoms with E-state index >= 15 is 0 Å². The Hall–Kier alpha value is -2.56. The number of rotatable bonds is 4. The van der Waals surface area contributed by atoms with Gasteiger partial charge in [0.25, 0.3) is 5.91 Å². The predicted octanol–water partition coefficient (Wildman–Crippen LogP) is 1.94. The molecule has 0 aliphatic heterocycles. The van der Waals surface area contributed by atoms with Crippen LogP contribution >= 0.6 is 0 Å². The molecule has 0 saturated carbocycles. The van der Waals surface area contributed by atoms with Crippen LogP contribution in [0, 0.1) is 0 Å². The zero-order chi connectivity index (χ0) is 13.8. The standard InChI is InChI=1S/C14H16N4O/c1-9(10-5-3-2-4-6-10)18-13-7-11(14(16)19)12(15)8-17-13/h2-9H,15H2,1H3,(H2,16,19)(H,17,18). The number of pyridine rings is 1. The first kappa shape index (κ1) is 12.9. The van der Waals surface area contributed by atoms with Crippen LogP contribution in [0.2, 0.25) is 0 Å². The lowest BCUT2D eigenvalue weighted by Gasteiger charge is -2.15. The first-order valence-corrected chi connectivity index (χ1v) is 5.94. The quantitative estimate of drug-likeness (QED) is 0.779. The van der Waals surface area contributed by atoms with Crippen molar-refractivity contribution in [1.82, 2.24) is 4.98 Å². The number of nitrogens with one attached hydrogen (secondary N) is 1. The Balaban J connectivity index is 2.20. The molecule has 5 nitrogen and oxygen atoms in total. The Kier molecular flexibility index (Phi) is 3.66. The first-order chi connectivity index (χ1) is 9.08. The van der Waals surface area contributed by atoms with Gasteiger partial charge in [0.2, 0.25) is 0 Å². The minimum atomic E-state index is -0.560. The molecule has 1 atom stereocenters. The van der Waals surface area contributed by atoms with E-state index in [0.717, 1.165) is 5.56 Å². The topological polar surface area (TPSA) is 94.0 Å². The summed E-state index contributed by atoms with van der Waals surface area (Å²) in [6, 6.07) is 11.6. The normalized spacial score (nSPS) is 11.8. The maximum atomic E-state index is 11.2. The molecule has 0 bridgehead atoms. The number of anilines is 2. The number of nitrogens with zero attached hydrogens (tertiary/aromatic N) is 1. The summed E-state index contributed by atoms with van der Waals surface area (Å²) in [5.41, 5.74) is 12.6. The molecule has 1 aromatic carbocycles. The molecule has 98 valence electrons. The van der Waals surface area contributed by atoms with E-state index in [2.05, 4.69) is 10.3 Å². The minimum Gasteiger partial charge on any atom is -0.397 e. The zero-order valence-electron chi connectivity index (χ0n) is 10.6. The van der Waals surface area contributed by atoms with E-state index in [4.69, 9.17) is 11.5 Å². The summed E-state index contributed by atoms with van der Waals surface area (Å²) in [6.07, 6.45) is 1.43. The molecule has 0 aliphatic rings. The SMILES string of the molecule is CC(Nc1cc(C(N)=O)c(N)cn1)c1ccccc1. The van der Waals surface area contributed by atoms with E-state index in [0.29, 0.717) is 5.82 Å². The van der Waals surface area contributed by atoms with Gasteiger partial charge in [-0.25, -0.2) is 4.98 Å². The monoisotopic (exact) mass is 256 g/mol. The second kappa shape index (κ2) is 5.39. The summed E-state index contributed by atoms with van der Waals surface area (Å²) < 4.78 is 0. The average molecular weight is 256 g/mol. The van der Waals surface area contributed by atoms with Gasteiger partial charge in [0, 0.05) is 6.04 Å². The van der Waals surface area contributed by atoms with E-state index in [1.807, 2.05) is 37.3 Å². The van der Waals surface area contributed by atoms with Crippen molar-refractivity contribution >= 4 is 17.4 Å². The number of nitrogens with two attached hydrogens (primary N) is 2. The van der Waals surface area contributed by atoms with Crippen molar-refractivity contribution in [3.63, 3.8) is 0 Å². The van der Waals surface area contributed by atoms with E-state index in [1.165, 1.54) is 6.20 Å². The summed E-state index contributed by atoms with van der Waals surface area (Å²) in [6.45, 7) is 2.01. The van der Waals surface area contributed by atoms with Gasteiger partial charge in [0.1, 0.15) is 5.82 Å². The minimum absolute atomic E-state index is 0.0676. The van der Waals surface area contributed by atoms with Crippen molar-refractivity contribution in [2.75, 3.05) is 11.1 Å². The van der Waals surface area contributed by atoms with Crippen LogP contribution in [0.25, 0.3) is 0 Å². The summed E-state index contributed by atoms with van der Waals surface area (Å²) in [5, 5.41) is 3.21. The van der Waals surface area contributed by atoms with Crippen molar-refractivity contribution in [1.29, 1.82) is 0 Å². The molecule has 1 heterocycles. The highest BCUT2D eigenvalue weighted by molar-refractivity contribution is 5.98. The smallest absolute Gasteiger partial charge is 0.250 e. The fourth-order valence-corrected chi connectivity index (χ4v) is 1.81. The average Bonchev–Trinajstić information content (AvgIpc) is 2.41. The summed E-state index contributed by atoms with van der Waals surface area (Å²) in [5.74, 6) is 0.00895. The number of hydrogen-bond donors (Lipinski definition) is 3. The number of benzene rings is 1. The third-order valence-electron chi connectivity index (χ3n) is 2.86. The Morgan fingerprint density at radius 1 is 1.32 bits per heavy atom. The maximum absolute atomic E-state index is 11.2. The summed E-state index contributed by atoms with van der Waals surface area (Å²) in [4.78, 5) is 15.4. The number of carbonyl (C=O) groups is 1. The van der Waals surface area contributed by atoms with Gasteiger partial charge >= 0.3 is 0 Å². The van der Waals surface area contributed by atoms with Gasteiger partial charge in [-0.15, -0.1) is 0 Å². The maximum Gasteiger partial charge on any atom is 0.250 e. The number of amides is 1. The summed E-state index contributed by atoms with van der Waals surface area (Å²) in [7, 11) is 0. The van der Waals surface area contributed by atoms with E-state index < -0.39 is 5.91 Å². The molecule has 1 aromatic heterocycles.